The van der Waals surface area contributed by atoms with Crippen LogP contribution in [0.5, 0.6) is 0 Å². The summed E-state index contributed by atoms with van der Waals surface area (Å²) in [6.07, 6.45) is 55.7. The summed E-state index contributed by atoms with van der Waals surface area (Å²) in [6, 6.07) is 20.1. The van der Waals surface area contributed by atoms with Crippen LogP contribution in [0, 0.1) is 35.5 Å². The third kappa shape index (κ3) is 18.9. The van der Waals surface area contributed by atoms with Gasteiger partial charge in [-0.05, 0) is 183 Å². The van der Waals surface area contributed by atoms with Crippen LogP contribution in [0.2, 0.25) is 0 Å². The van der Waals surface area contributed by atoms with Gasteiger partial charge in [0.15, 0.2) is 0 Å². The highest BCUT2D eigenvalue weighted by atomic mass is 16.5. The van der Waals surface area contributed by atoms with Crippen molar-refractivity contribution >= 4 is 11.1 Å². The smallest absolute Gasteiger partial charge is 0.0657 e. The van der Waals surface area contributed by atoms with Gasteiger partial charge in [0, 0.05) is 0 Å². The topological polar surface area (TPSA) is 9.23 Å². The molecule has 1 heteroatoms. The Labute approximate surface area is 416 Å². The maximum atomic E-state index is 6.69. The van der Waals surface area contributed by atoms with Crippen molar-refractivity contribution in [3.8, 4) is 0 Å². The average molecular weight is 916 g/mol. The van der Waals surface area contributed by atoms with Gasteiger partial charge in [0.25, 0.3) is 0 Å². The van der Waals surface area contributed by atoms with E-state index in [2.05, 4.69) is 88.4 Å². The largest absolute Gasteiger partial charge is 0.373 e. The molecule has 0 N–H and O–H groups in total. The first-order valence-corrected chi connectivity index (χ1v) is 30.3. The molecular formula is C66H106O. The second-order valence-corrected chi connectivity index (χ2v) is 23.4. The van der Waals surface area contributed by atoms with Crippen molar-refractivity contribution < 1.29 is 4.74 Å². The molecule has 0 aliphatic heterocycles. The van der Waals surface area contributed by atoms with Crippen LogP contribution in [-0.2, 0) is 4.74 Å². The predicted molar refractivity (Wildman–Crippen MR) is 295 cm³/mol. The van der Waals surface area contributed by atoms with Crippen molar-refractivity contribution in [2.75, 3.05) is 13.2 Å². The van der Waals surface area contributed by atoms with Crippen LogP contribution in [-0.4, -0.2) is 13.2 Å². The Balaban J connectivity index is 1.08. The van der Waals surface area contributed by atoms with Gasteiger partial charge in [-0.3, -0.25) is 0 Å². The highest BCUT2D eigenvalue weighted by molar-refractivity contribution is 5.69. The molecular weight excluding hydrogens is 809 g/mol. The second kappa shape index (κ2) is 32.0. The van der Waals surface area contributed by atoms with Gasteiger partial charge in [0.05, 0.1) is 13.2 Å². The zero-order chi connectivity index (χ0) is 46.7. The van der Waals surface area contributed by atoms with E-state index in [-0.39, 0.29) is 0 Å². The van der Waals surface area contributed by atoms with E-state index in [0.717, 1.165) is 35.5 Å². The van der Waals surface area contributed by atoms with E-state index < -0.39 is 0 Å². The molecule has 0 aromatic heterocycles. The summed E-state index contributed by atoms with van der Waals surface area (Å²) in [5.41, 5.74) is 9.27. The van der Waals surface area contributed by atoms with Gasteiger partial charge in [-0.1, -0.05) is 217 Å². The van der Waals surface area contributed by atoms with Gasteiger partial charge < -0.3 is 4.74 Å². The zero-order valence-corrected chi connectivity index (χ0v) is 44.7. The molecule has 4 aliphatic carbocycles. The fourth-order valence-corrected chi connectivity index (χ4v) is 13.8. The molecule has 0 heterocycles. The lowest BCUT2D eigenvalue weighted by molar-refractivity contribution is 0.193. The fraction of sp³-hybridized carbons (Fsp3) is 0.758. The highest BCUT2D eigenvalue weighted by Crippen LogP contribution is 2.44. The molecule has 2 aromatic rings. The van der Waals surface area contributed by atoms with Crippen LogP contribution in [0.25, 0.3) is 11.1 Å². The van der Waals surface area contributed by atoms with Gasteiger partial charge >= 0.3 is 0 Å². The van der Waals surface area contributed by atoms with Crippen molar-refractivity contribution in [2.45, 2.75) is 271 Å². The number of benzene rings is 2. The maximum absolute atomic E-state index is 6.69. The first-order valence-electron chi connectivity index (χ1n) is 30.3. The Morgan fingerprint density at radius 3 is 0.970 bits per heavy atom. The van der Waals surface area contributed by atoms with Crippen molar-refractivity contribution in [3.05, 3.63) is 82.9 Å². The van der Waals surface area contributed by atoms with Crippen molar-refractivity contribution in [2.24, 2.45) is 35.5 Å². The van der Waals surface area contributed by atoms with Crippen LogP contribution in [0.1, 0.15) is 293 Å². The third-order valence-electron chi connectivity index (χ3n) is 18.4. The monoisotopic (exact) mass is 915 g/mol. The zero-order valence-electron chi connectivity index (χ0n) is 44.7. The maximum Gasteiger partial charge on any atom is 0.0657 e. The number of hydrogen-bond acceptors (Lipinski definition) is 1. The Bertz CT molecular complexity index is 1470. The van der Waals surface area contributed by atoms with E-state index in [1.807, 2.05) is 0 Å². The molecule has 2 aromatic carbocycles. The van der Waals surface area contributed by atoms with Gasteiger partial charge in [-0.25, -0.2) is 0 Å². The summed E-state index contributed by atoms with van der Waals surface area (Å²) >= 11 is 0. The lowest BCUT2D eigenvalue weighted by atomic mass is 9.74. The normalized spacial score (nSPS) is 26.5. The Hall–Kier alpha value is -2.12. The Morgan fingerprint density at radius 2 is 0.642 bits per heavy atom. The lowest BCUT2D eigenvalue weighted by Gasteiger charge is -2.31. The van der Waals surface area contributed by atoms with Crippen LogP contribution in [0.3, 0.4) is 0 Å². The van der Waals surface area contributed by atoms with Crippen LogP contribution in [0.4, 0.5) is 0 Å². The molecule has 0 saturated heterocycles. The van der Waals surface area contributed by atoms with Gasteiger partial charge in [-0.2, -0.15) is 0 Å². The van der Waals surface area contributed by atoms with Crippen LogP contribution in [0.15, 0.2) is 60.7 Å². The molecule has 4 aliphatic rings. The summed E-state index contributed by atoms with van der Waals surface area (Å²) < 4.78 is 6.69. The molecule has 4 saturated carbocycles. The second-order valence-electron chi connectivity index (χ2n) is 23.4. The molecule has 0 amide bonds. The predicted octanol–water partition coefficient (Wildman–Crippen LogP) is 21.2. The van der Waals surface area contributed by atoms with Crippen LogP contribution >= 0.6 is 0 Å². The van der Waals surface area contributed by atoms with Crippen molar-refractivity contribution in [1.29, 1.82) is 0 Å². The van der Waals surface area contributed by atoms with E-state index in [9.17, 15) is 0 Å². The molecule has 67 heavy (non-hydrogen) atoms. The number of ether oxygens (including phenoxy) is 1. The standard InChI is InChI=1S/C66H106O/c1-5-9-13-15-19-23-55-25-33-57(34-26-55)59-41-45-63(46-42-59)65(61-37-29-53(30-38-61)21-17-11-7-3)49-51-67-52-50-66(62-39-31-54(32-40-62)22-18-12-8-4)64-47-43-60(44-48-64)58-35-27-56(28-36-58)24-20-16-14-10-6-2/h41-50,53-58,61-62H,5-40,51-52H2,1-4H3. The first kappa shape index (κ1) is 54.2. The first-order chi connectivity index (χ1) is 33.1. The third-order valence-corrected chi connectivity index (χ3v) is 18.4. The summed E-state index contributed by atoms with van der Waals surface area (Å²) in [6.45, 7) is 10.8. The minimum atomic E-state index is 0.660. The number of hydrogen-bond donors (Lipinski definition) is 0. The van der Waals surface area contributed by atoms with Crippen molar-refractivity contribution in [3.63, 3.8) is 0 Å². The van der Waals surface area contributed by atoms with Crippen LogP contribution < -0.4 is 0 Å². The number of rotatable bonds is 30. The molecule has 4 fully saturated rings. The average Bonchev–Trinajstić information content (AvgIpc) is 3.37. The van der Waals surface area contributed by atoms with Gasteiger partial charge in [0.2, 0.25) is 0 Å². The van der Waals surface area contributed by atoms with Gasteiger partial charge in [-0.15, -0.1) is 0 Å². The fourth-order valence-electron chi connectivity index (χ4n) is 13.8. The minimum Gasteiger partial charge on any atom is -0.373 e. The molecule has 0 atom stereocenters. The summed E-state index contributed by atoms with van der Waals surface area (Å²) in [5.74, 6) is 6.64. The Morgan fingerprint density at radius 1 is 0.358 bits per heavy atom. The molecule has 0 bridgehead atoms. The lowest BCUT2D eigenvalue weighted by Crippen LogP contribution is -2.17. The van der Waals surface area contributed by atoms with E-state index >= 15 is 0 Å². The summed E-state index contributed by atoms with van der Waals surface area (Å²) in [7, 11) is 0. The molecule has 6 rings (SSSR count). The molecule has 0 radical (unpaired) electrons. The molecule has 1 nitrogen and oxygen atoms in total. The number of unbranched alkanes of at least 4 members (excludes halogenated alkanes) is 12. The molecule has 0 unspecified atom stereocenters. The van der Waals surface area contributed by atoms with E-state index in [1.165, 1.54) is 242 Å². The number of allylic oxidation sites excluding steroid dienone is 2. The SMILES string of the molecule is CCCCCCCC1CCC(c2ccc(C(=CCOCC=C(c3ccc(C4CCC(CCCCCCC)CC4)cc3)C3CCC(CCCCC)CC3)C3CCC(CCCCC)CC3)cc2)CC1. The van der Waals surface area contributed by atoms with Crippen molar-refractivity contribution in [1.82, 2.24) is 0 Å². The molecule has 0 spiro atoms. The highest BCUT2D eigenvalue weighted by Gasteiger charge is 2.28. The van der Waals surface area contributed by atoms with E-state index in [1.54, 1.807) is 22.3 Å². The molecule has 376 valence electrons. The van der Waals surface area contributed by atoms with E-state index in [4.69, 9.17) is 4.74 Å². The quantitative estimate of drug-likeness (QED) is 0.0710. The summed E-state index contributed by atoms with van der Waals surface area (Å²) in [4.78, 5) is 0. The minimum absolute atomic E-state index is 0.660. The Kier molecular flexibility index (Phi) is 25.9. The van der Waals surface area contributed by atoms with E-state index in [0.29, 0.717) is 25.0 Å². The summed E-state index contributed by atoms with van der Waals surface area (Å²) in [5, 5.41) is 0. The van der Waals surface area contributed by atoms with Gasteiger partial charge in [0.1, 0.15) is 0 Å².